The quantitative estimate of drug-likeness (QED) is 0.536. The van der Waals surface area contributed by atoms with Crippen LogP contribution in [-0.2, 0) is 16.1 Å². The van der Waals surface area contributed by atoms with Gasteiger partial charge in [0.15, 0.2) is 6.61 Å². The Kier molecular flexibility index (Phi) is 9.28. The third kappa shape index (κ3) is 6.53. The SMILES string of the molecule is CC[C@H](C)NC(=O)[C@@H](C)N(Cc1c(Cl)cccc1Cl)C(=O)COc1ccccc1Cl. The maximum atomic E-state index is 13.0. The second-order valence-electron chi connectivity index (χ2n) is 6.93. The molecule has 0 aliphatic carbocycles. The van der Waals surface area contributed by atoms with Gasteiger partial charge >= 0.3 is 0 Å². The molecular formula is C22H25Cl3N2O3. The van der Waals surface area contributed by atoms with E-state index < -0.39 is 11.9 Å². The molecule has 2 atom stereocenters. The van der Waals surface area contributed by atoms with Gasteiger partial charge in [-0.3, -0.25) is 9.59 Å². The highest BCUT2D eigenvalue weighted by Crippen LogP contribution is 2.27. The summed E-state index contributed by atoms with van der Waals surface area (Å²) in [6.45, 7) is 5.32. The van der Waals surface area contributed by atoms with E-state index in [4.69, 9.17) is 39.5 Å². The van der Waals surface area contributed by atoms with E-state index in [-0.39, 0.29) is 25.1 Å². The lowest BCUT2D eigenvalue weighted by Gasteiger charge is -2.30. The predicted molar refractivity (Wildman–Crippen MR) is 121 cm³/mol. The van der Waals surface area contributed by atoms with Gasteiger partial charge < -0.3 is 15.0 Å². The highest BCUT2D eigenvalue weighted by Gasteiger charge is 2.28. The number of ether oxygens (including phenoxy) is 1. The van der Waals surface area contributed by atoms with E-state index in [2.05, 4.69) is 5.32 Å². The molecule has 0 aromatic heterocycles. The molecule has 0 spiro atoms. The number of para-hydroxylation sites is 1. The Bertz CT molecular complexity index is 871. The van der Waals surface area contributed by atoms with Gasteiger partial charge in [-0.25, -0.2) is 0 Å². The number of rotatable bonds is 9. The maximum absolute atomic E-state index is 13.0. The van der Waals surface area contributed by atoms with Crippen molar-refractivity contribution >= 4 is 46.6 Å². The van der Waals surface area contributed by atoms with Gasteiger partial charge in [-0.2, -0.15) is 0 Å². The Morgan fingerprint density at radius 2 is 1.60 bits per heavy atom. The summed E-state index contributed by atoms with van der Waals surface area (Å²) in [5.74, 6) is -0.267. The Hall–Kier alpha value is -1.95. The number of nitrogens with one attached hydrogen (secondary N) is 1. The first-order valence-electron chi connectivity index (χ1n) is 9.64. The molecule has 0 fully saturated rings. The van der Waals surface area contributed by atoms with Crippen LogP contribution in [0.5, 0.6) is 5.75 Å². The fraction of sp³-hybridized carbons (Fsp3) is 0.364. The molecule has 1 N–H and O–H groups in total. The molecule has 0 aliphatic rings. The fourth-order valence-electron chi connectivity index (χ4n) is 2.69. The molecule has 0 saturated carbocycles. The third-order valence-electron chi connectivity index (χ3n) is 4.75. The van der Waals surface area contributed by atoms with E-state index in [1.165, 1.54) is 4.90 Å². The largest absolute Gasteiger partial charge is 0.482 e. The maximum Gasteiger partial charge on any atom is 0.261 e. The highest BCUT2D eigenvalue weighted by atomic mass is 35.5. The van der Waals surface area contributed by atoms with E-state index in [0.29, 0.717) is 26.4 Å². The number of carbonyl (C=O) groups is 2. The molecule has 0 unspecified atom stereocenters. The number of hydrogen-bond acceptors (Lipinski definition) is 3. The van der Waals surface area contributed by atoms with Crippen molar-refractivity contribution in [3.63, 3.8) is 0 Å². The molecule has 2 aromatic carbocycles. The molecule has 0 bridgehead atoms. The minimum absolute atomic E-state index is 0.0137. The number of halogens is 3. The van der Waals surface area contributed by atoms with Crippen molar-refractivity contribution in [1.29, 1.82) is 0 Å². The number of carbonyl (C=O) groups excluding carboxylic acids is 2. The van der Waals surface area contributed by atoms with Crippen LogP contribution in [0.15, 0.2) is 42.5 Å². The molecule has 162 valence electrons. The molecule has 30 heavy (non-hydrogen) atoms. The topological polar surface area (TPSA) is 58.6 Å². The monoisotopic (exact) mass is 470 g/mol. The highest BCUT2D eigenvalue weighted by molar-refractivity contribution is 6.36. The summed E-state index contributed by atoms with van der Waals surface area (Å²) in [5, 5.41) is 4.14. The van der Waals surface area contributed by atoms with E-state index in [1.807, 2.05) is 13.8 Å². The summed E-state index contributed by atoms with van der Waals surface area (Å²) >= 11 is 18.7. The van der Waals surface area contributed by atoms with Crippen molar-refractivity contribution in [1.82, 2.24) is 10.2 Å². The molecule has 8 heteroatoms. The molecule has 2 rings (SSSR count). The molecular weight excluding hydrogens is 447 g/mol. The van der Waals surface area contributed by atoms with E-state index >= 15 is 0 Å². The zero-order valence-corrected chi connectivity index (χ0v) is 19.4. The lowest BCUT2D eigenvalue weighted by Crippen LogP contribution is -2.50. The van der Waals surface area contributed by atoms with Gasteiger partial charge in [0.1, 0.15) is 11.8 Å². The second-order valence-corrected chi connectivity index (χ2v) is 8.16. The van der Waals surface area contributed by atoms with Gasteiger partial charge in [0.25, 0.3) is 5.91 Å². The first-order chi connectivity index (χ1) is 14.2. The van der Waals surface area contributed by atoms with Crippen molar-refractivity contribution in [3.8, 4) is 5.75 Å². The smallest absolute Gasteiger partial charge is 0.261 e. The second kappa shape index (κ2) is 11.4. The van der Waals surface area contributed by atoms with Crippen LogP contribution in [0.2, 0.25) is 15.1 Å². The van der Waals surface area contributed by atoms with Gasteiger partial charge in [0.2, 0.25) is 5.91 Å². The third-order valence-corrected chi connectivity index (χ3v) is 5.77. The Morgan fingerprint density at radius 3 is 2.20 bits per heavy atom. The molecule has 2 amide bonds. The first-order valence-corrected chi connectivity index (χ1v) is 10.8. The van der Waals surface area contributed by atoms with Gasteiger partial charge in [0.05, 0.1) is 5.02 Å². The number of hydrogen-bond donors (Lipinski definition) is 1. The van der Waals surface area contributed by atoms with Crippen LogP contribution in [0.25, 0.3) is 0 Å². The van der Waals surface area contributed by atoms with Gasteiger partial charge in [-0.05, 0) is 44.5 Å². The molecule has 2 aromatic rings. The van der Waals surface area contributed by atoms with E-state index in [0.717, 1.165) is 6.42 Å². The van der Waals surface area contributed by atoms with Gasteiger partial charge in [0, 0.05) is 28.2 Å². The lowest BCUT2D eigenvalue weighted by molar-refractivity contribution is -0.142. The molecule has 0 aliphatic heterocycles. The van der Waals surface area contributed by atoms with Crippen LogP contribution < -0.4 is 10.1 Å². The summed E-state index contributed by atoms with van der Waals surface area (Å²) < 4.78 is 5.59. The first kappa shape index (κ1) is 24.3. The zero-order valence-electron chi connectivity index (χ0n) is 17.1. The average molecular weight is 472 g/mol. The number of benzene rings is 2. The lowest BCUT2D eigenvalue weighted by atomic mass is 10.1. The molecule has 5 nitrogen and oxygen atoms in total. The Labute approximate surface area is 192 Å². The summed E-state index contributed by atoms with van der Waals surface area (Å²) in [4.78, 5) is 27.2. The van der Waals surface area contributed by atoms with Crippen LogP contribution in [0, 0.1) is 0 Å². The van der Waals surface area contributed by atoms with Crippen LogP contribution in [-0.4, -0.2) is 35.4 Å². The van der Waals surface area contributed by atoms with Crippen molar-refractivity contribution < 1.29 is 14.3 Å². The summed E-state index contributed by atoms with van der Waals surface area (Å²) in [5.41, 5.74) is 0.565. The van der Waals surface area contributed by atoms with Crippen molar-refractivity contribution in [2.75, 3.05) is 6.61 Å². The summed E-state index contributed by atoms with van der Waals surface area (Å²) in [6.07, 6.45) is 0.776. The zero-order chi connectivity index (χ0) is 22.3. The molecule has 0 radical (unpaired) electrons. The van der Waals surface area contributed by atoms with E-state index in [1.54, 1.807) is 49.4 Å². The summed E-state index contributed by atoms with van der Waals surface area (Å²) in [6, 6.07) is 11.2. The van der Waals surface area contributed by atoms with Crippen molar-refractivity contribution in [3.05, 3.63) is 63.1 Å². The fourth-order valence-corrected chi connectivity index (χ4v) is 3.39. The number of amides is 2. The minimum atomic E-state index is -0.756. The van der Waals surface area contributed by atoms with Gasteiger partial charge in [-0.15, -0.1) is 0 Å². The standard InChI is InChI=1S/C22H25Cl3N2O3/c1-4-14(2)26-22(29)15(3)27(12-16-17(23)9-7-10-18(16)24)21(28)13-30-20-11-6-5-8-19(20)25/h5-11,14-15H,4,12-13H2,1-3H3,(H,26,29)/t14-,15+/m0/s1. The normalized spacial score (nSPS) is 12.7. The van der Waals surface area contributed by atoms with Crippen molar-refractivity contribution in [2.24, 2.45) is 0 Å². The van der Waals surface area contributed by atoms with Crippen LogP contribution in [0.3, 0.4) is 0 Å². The Balaban J connectivity index is 2.24. The van der Waals surface area contributed by atoms with Crippen LogP contribution in [0.4, 0.5) is 0 Å². The van der Waals surface area contributed by atoms with Crippen LogP contribution >= 0.6 is 34.8 Å². The average Bonchev–Trinajstić information content (AvgIpc) is 2.72. The van der Waals surface area contributed by atoms with Gasteiger partial charge in [-0.1, -0.05) is 59.9 Å². The van der Waals surface area contributed by atoms with Crippen LogP contribution in [0.1, 0.15) is 32.8 Å². The predicted octanol–water partition coefficient (Wildman–Crippen LogP) is 5.36. The minimum Gasteiger partial charge on any atom is -0.482 e. The molecule has 0 heterocycles. The number of nitrogens with zero attached hydrogens (tertiary/aromatic N) is 1. The molecule has 0 saturated heterocycles. The van der Waals surface area contributed by atoms with E-state index in [9.17, 15) is 9.59 Å². The summed E-state index contributed by atoms with van der Waals surface area (Å²) in [7, 11) is 0. The van der Waals surface area contributed by atoms with Crippen molar-refractivity contribution in [2.45, 2.75) is 45.8 Å². The Morgan fingerprint density at radius 1 is 1.00 bits per heavy atom.